The molecule has 0 bridgehead atoms. The Balaban J connectivity index is 1.34. The molecular weight excluding hydrogens is 442 g/mol. The third-order valence-corrected chi connectivity index (χ3v) is 6.25. The van der Waals surface area contributed by atoms with Crippen molar-refractivity contribution in [3.8, 4) is 0 Å². The van der Waals surface area contributed by atoms with Crippen LogP contribution in [0.3, 0.4) is 0 Å². The molecule has 0 spiro atoms. The molecule has 0 saturated heterocycles. The first-order valence-corrected chi connectivity index (χ1v) is 11.4. The summed E-state index contributed by atoms with van der Waals surface area (Å²) in [6.45, 7) is 1.86. The summed E-state index contributed by atoms with van der Waals surface area (Å²) in [6, 6.07) is 22.5. The minimum absolute atomic E-state index is 0.0851. The van der Waals surface area contributed by atoms with Gasteiger partial charge in [-0.15, -0.1) is 11.8 Å². The molecule has 1 heterocycles. The van der Waals surface area contributed by atoms with E-state index in [9.17, 15) is 9.59 Å². The predicted molar refractivity (Wildman–Crippen MR) is 132 cm³/mol. The number of carbonyl (C=O) groups is 2. The monoisotopic (exact) mass is 463 g/mol. The quantitative estimate of drug-likeness (QED) is 0.289. The second-order valence-electron chi connectivity index (χ2n) is 7.41. The number of carbonyl (C=O) groups excluding carboxylic acids is 2. The summed E-state index contributed by atoms with van der Waals surface area (Å²) in [5.41, 5.74) is 3.31. The molecule has 0 aliphatic heterocycles. The molecule has 4 rings (SSSR count). The molecule has 2 amide bonds. The van der Waals surface area contributed by atoms with Crippen molar-refractivity contribution in [3.05, 3.63) is 89.6 Å². The second-order valence-corrected chi connectivity index (χ2v) is 9.26. The Labute approximate surface area is 195 Å². The van der Waals surface area contributed by atoms with Crippen LogP contribution in [-0.4, -0.2) is 22.0 Å². The van der Waals surface area contributed by atoms with Gasteiger partial charge in [0, 0.05) is 33.0 Å². The fourth-order valence-corrected chi connectivity index (χ4v) is 4.32. The number of rotatable bonds is 7. The number of hydrogen-bond acceptors (Lipinski definition) is 3. The lowest BCUT2D eigenvalue weighted by molar-refractivity contribution is -0.116. The fourth-order valence-electron chi connectivity index (χ4n) is 3.27. The molecule has 1 unspecified atom stereocenters. The molecule has 5 nitrogen and oxygen atoms in total. The van der Waals surface area contributed by atoms with Crippen molar-refractivity contribution >= 4 is 57.5 Å². The number of nitrogens with one attached hydrogen (secondary N) is 3. The van der Waals surface area contributed by atoms with E-state index in [-0.39, 0.29) is 23.5 Å². The smallest absolute Gasteiger partial charge is 0.237 e. The molecule has 0 fully saturated rings. The van der Waals surface area contributed by atoms with Crippen molar-refractivity contribution in [1.82, 2.24) is 4.98 Å². The summed E-state index contributed by atoms with van der Waals surface area (Å²) in [5.74, 6) is -0.196. The molecule has 0 aliphatic rings. The molecule has 3 aromatic carbocycles. The Morgan fingerprint density at radius 3 is 2.56 bits per heavy atom. The lowest BCUT2D eigenvalue weighted by Gasteiger charge is -2.13. The topological polar surface area (TPSA) is 74.0 Å². The number of benzene rings is 3. The zero-order chi connectivity index (χ0) is 22.5. The largest absolute Gasteiger partial charge is 0.361 e. The summed E-state index contributed by atoms with van der Waals surface area (Å²) in [5, 5.41) is 7.30. The molecule has 0 saturated carbocycles. The van der Waals surface area contributed by atoms with Gasteiger partial charge in [-0.25, -0.2) is 0 Å². The molecule has 1 aromatic heterocycles. The highest BCUT2D eigenvalue weighted by Crippen LogP contribution is 2.27. The predicted octanol–water partition coefficient (Wildman–Crippen LogP) is 6.12. The molecule has 0 aliphatic carbocycles. The zero-order valence-corrected chi connectivity index (χ0v) is 19.0. The minimum Gasteiger partial charge on any atom is -0.361 e. The number of fused-ring (bicyclic) bond motifs is 1. The van der Waals surface area contributed by atoms with Crippen LogP contribution in [0.2, 0.25) is 5.02 Å². The van der Waals surface area contributed by atoms with Crippen molar-refractivity contribution in [2.24, 2.45) is 0 Å². The van der Waals surface area contributed by atoms with Gasteiger partial charge in [0.25, 0.3) is 0 Å². The third-order valence-electron chi connectivity index (χ3n) is 4.90. The number of halogens is 1. The number of hydrogen-bond donors (Lipinski definition) is 3. The lowest BCUT2D eigenvalue weighted by atomic mass is 10.1. The van der Waals surface area contributed by atoms with Crippen molar-refractivity contribution in [2.45, 2.75) is 23.5 Å². The second kappa shape index (κ2) is 9.94. The van der Waals surface area contributed by atoms with Gasteiger partial charge in [0.1, 0.15) is 0 Å². The number of aromatic amines is 1. The van der Waals surface area contributed by atoms with E-state index in [2.05, 4.69) is 15.6 Å². The normalized spacial score (nSPS) is 11.8. The number of H-pyrrole nitrogens is 1. The van der Waals surface area contributed by atoms with Gasteiger partial charge < -0.3 is 15.6 Å². The SMILES string of the molecule is CC(Sc1cccc(NC(=O)Cc2ccc(Cl)cc2)c1)C(=O)Nc1ccc2cc[nH]c2c1. The van der Waals surface area contributed by atoms with E-state index < -0.39 is 0 Å². The van der Waals surface area contributed by atoms with Crippen molar-refractivity contribution in [2.75, 3.05) is 10.6 Å². The number of aromatic nitrogens is 1. The van der Waals surface area contributed by atoms with E-state index >= 15 is 0 Å². The molecule has 0 radical (unpaired) electrons. The average Bonchev–Trinajstić information content (AvgIpc) is 3.23. The van der Waals surface area contributed by atoms with Crippen LogP contribution in [-0.2, 0) is 16.0 Å². The van der Waals surface area contributed by atoms with Crippen molar-refractivity contribution in [3.63, 3.8) is 0 Å². The molecule has 4 aromatic rings. The Kier molecular flexibility index (Phi) is 6.83. The Bertz CT molecular complexity index is 1250. The van der Waals surface area contributed by atoms with E-state index in [1.54, 1.807) is 12.1 Å². The maximum atomic E-state index is 12.7. The summed E-state index contributed by atoms with van der Waals surface area (Å²) in [7, 11) is 0. The lowest BCUT2D eigenvalue weighted by Crippen LogP contribution is -2.22. The van der Waals surface area contributed by atoms with Gasteiger partial charge in [-0.1, -0.05) is 35.9 Å². The van der Waals surface area contributed by atoms with Crippen LogP contribution in [0.15, 0.2) is 83.9 Å². The maximum Gasteiger partial charge on any atom is 0.237 e. The van der Waals surface area contributed by atoms with Crippen LogP contribution in [0.4, 0.5) is 11.4 Å². The number of thioether (sulfide) groups is 1. The van der Waals surface area contributed by atoms with Gasteiger partial charge in [-0.05, 0) is 66.4 Å². The van der Waals surface area contributed by atoms with Gasteiger partial charge >= 0.3 is 0 Å². The van der Waals surface area contributed by atoms with Gasteiger partial charge in [0.2, 0.25) is 11.8 Å². The Hall–Kier alpha value is -3.22. The Morgan fingerprint density at radius 1 is 0.969 bits per heavy atom. The molecule has 1 atom stereocenters. The summed E-state index contributed by atoms with van der Waals surface area (Å²) < 4.78 is 0. The van der Waals surface area contributed by atoms with Crippen molar-refractivity contribution in [1.29, 1.82) is 0 Å². The molecule has 32 heavy (non-hydrogen) atoms. The first kappa shape index (κ1) is 22.0. The van der Waals surface area contributed by atoms with Crippen LogP contribution in [0.5, 0.6) is 0 Å². The van der Waals surface area contributed by atoms with E-state index in [4.69, 9.17) is 11.6 Å². The van der Waals surface area contributed by atoms with Gasteiger partial charge in [0.05, 0.1) is 11.7 Å². The summed E-state index contributed by atoms with van der Waals surface area (Å²) >= 11 is 7.33. The molecule has 3 N–H and O–H groups in total. The van der Waals surface area contributed by atoms with E-state index in [0.29, 0.717) is 10.7 Å². The highest BCUT2D eigenvalue weighted by atomic mass is 35.5. The van der Waals surface area contributed by atoms with Crippen LogP contribution in [0, 0.1) is 0 Å². The highest BCUT2D eigenvalue weighted by Gasteiger charge is 2.15. The van der Waals surface area contributed by atoms with Crippen LogP contribution < -0.4 is 10.6 Å². The first-order valence-electron chi connectivity index (χ1n) is 10.2. The van der Waals surface area contributed by atoms with E-state index in [1.165, 1.54) is 11.8 Å². The van der Waals surface area contributed by atoms with Crippen LogP contribution in [0.1, 0.15) is 12.5 Å². The number of amides is 2. The Morgan fingerprint density at radius 2 is 1.75 bits per heavy atom. The zero-order valence-electron chi connectivity index (χ0n) is 17.4. The van der Waals surface area contributed by atoms with E-state index in [0.717, 1.165) is 27.0 Å². The van der Waals surface area contributed by atoms with Crippen LogP contribution >= 0.6 is 23.4 Å². The van der Waals surface area contributed by atoms with Gasteiger partial charge in [0.15, 0.2) is 0 Å². The van der Waals surface area contributed by atoms with Crippen LogP contribution in [0.25, 0.3) is 10.9 Å². The maximum absolute atomic E-state index is 12.7. The van der Waals surface area contributed by atoms with Gasteiger partial charge in [-0.3, -0.25) is 9.59 Å². The summed E-state index contributed by atoms with van der Waals surface area (Å²) in [4.78, 5) is 29.1. The molecular formula is C25H22ClN3O2S. The van der Waals surface area contributed by atoms with E-state index in [1.807, 2.05) is 73.8 Å². The average molecular weight is 464 g/mol. The fraction of sp³-hybridized carbons (Fsp3) is 0.120. The molecule has 7 heteroatoms. The third kappa shape index (κ3) is 5.72. The van der Waals surface area contributed by atoms with Crippen molar-refractivity contribution < 1.29 is 9.59 Å². The number of anilines is 2. The summed E-state index contributed by atoms with van der Waals surface area (Å²) in [6.07, 6.45) is 2.13. The van der Waals surface area contributed by atoms with Gasteiger partial charge in [-0.2, -0.15) is 0 Å². The highest BCUT2D eigenvalue weighted by molar-refractivity contribution is 8.00. The molecule has 162 valence electrons. The first-order chi connectivity index (χ1) is 15.5. The minimum atomic E-state index is -0.311. The standard InChI is InChI=1S/C25H22ClN3O2S/c1-16(25(31)29-21-10-7-18-11-12-27-23(18)15-21)32-22-4-2-3-20(14-22)28-24(30)13-17-5-8-19(26)9-6-17/h2-12,14-16,27H,13H2,1H3,(H,28,30)(H,29,31).